The molecule has 100 valence electrons. The third-order valence-electron chi connectivity index (χ3n) is 3.17. The molecule has 3 aromatic rings. The summed E-state index contributed by atoms with van der Waals surface area (Å²) in [5.74, 6) is 0.582. The highest BCUT2D eigenvalue weighted by atomic mass is 16.1. The van der Waals surface area contributed by atoms with Gasteiger partial charge in [-0.1, -0.05) is 13.3 Å². The van der Waals surface area contributed by atoms with Gasteiger partial charge in [0, 0.05) is 35.9 Å². The summed E-state index contributed by atoms with van der Waals surface area (Å²) in [7, 11) is 0. The highest BCUT2D eigenvalue weighted by Crippen LogP contribution is 2.15. The minimum atomic E-state index is 0.0156. The van der Waals surface area contributed by atoms with Gasteiger partial charge in [0.15, 0.2) is 11.3 Å². The van der Waals surface area contributed by atoms with Crippen molar-refractivity contribution in [1.82, 2.24) is 19.9 Å². The maximum absolute atomic E-state index is 12.3. The van der Waals surface area contributed by atoms with Crippen LogP contribution in [0.3, 0.4) is 0 Å². The lowest BCUT2D eigenvalue weighted by molar-refractivity contribution is 0.908. The predicted octanol–water partition coefficient (Wildman–Crippen LogP) is 2.33. The van der Waals surface area contributed by atoms with E-state index in [1.807, 2.05) is 19.1 Å². The predicted molar refractivity (Wildman–Crippen MR) is 77.4 cm³/mol. The molecule has 0 aliphatic heterocycles. The second-order valence-corrected chi connectivity index (χ2v) is 4.58. The van der Waals surface area contributed by atoms with Crippen molar-refractivity contribution in [3.05, 3.63) is 52.7 Å². The van der Waals surface area contributed by atoms with Gasteiger partial charge in [-0.3, -0.25) is 9.78 Å². The highest BCUT2D eigenvalue weighted by molar-refractivity contribution is 5.76. The van der Waals surface area contributed by atoms with Gasteiger partial charge < -0.3 is 4.98 Å². The lowest BCUT2D eigenvalue weighted by atomic mass is 10.1. The number of aromatic nitrogens is 4. The maximum atomic E-state index is 12.3. The summed E-state index contributed by atoms with van der Waals surface area (Å²) in [5, 5.41) is 0.536. The van der Waals surface area contributed by atoms with Crippen LogP contribution >= 0.6 is 0 Å². The Labute approximate surface area is 115 Å². The number of nitrogens with zero attached hydrogens (tertiary/aromatic N) is 3. The maximum Gasteiger partial charge on any atom is 0.195 e. The smallest absolute Gasteiger partial charge is 0.195 e. The minimum absolute atomic E-state index is 0.0156. The lowest BCUT2D eigenvalue weighted by Crippen LogP contribution is -2.11. The van der Waals surface area contributed by atoms with Crippen LogP contribution in [-0.4, -0.2) is 19.9 Å². The molecule has 0 aromatic carbocycles. The van der Waals surface area contributed by atoms with Gasteiger partial charge in [0.2, 0.25) is 0 Å². The average molecular weight is 266 g/mol. The normalized spacial score (nSPS) is 10.8. The first-order valence-corrected chi connectivity index (χ1v) is 6.57. The van der Waals surface area contributed by atoms with Crippen LogP contribution < -0.4 is 5.43 Å². The molecular weight excluding hydrogens is 252 g/mol. The van der Waals surface area contributed by atoms with Crippen molar-refractivity contribution < 1.29 is 0 Å². The first-order chi connectivity index (χ1) is 9.79. The Morgan fingerprint density at radius 2 is 2.05 bits per heavy atom. The fourth-order valence-corrected chi connectivity index (χ4v) is 2.15. The second kappa shape index (κ2) is 5.21. The standard InChI is InChI=1S/C15H14N4O/c1-2-3-11-8-17-15-12(13(11)20)9-18-14(19-15)10-4-6-16-7-5-10/h4-9H,2-3H2,1H3,(H,17,18,19,20). The molecule has 0 atom stereocenters. The Hall–Kier alpha value is -2.56. The number of rotatable bonds is 3. The number of hydrogen-bond acceptors (Lipinski definition) is 4. The summed E-state index contributed by atoms with van der Waals surface area (Å²) in [6, 6.07) is 3.68. The van der Waals surface area contributed by atoms with E-state index in [2.05, 4.69) is 19.9 Å². The SMILES string of the molecule is CCCc1c[nH]c2nc(-c3ccncc3)ncc2c1=O. The summed E-state index contributed by atoms with van der Waals surface area (Å²) < 4.78 is 0. The van der Waals surface area contributed by atoms with Crippen LogP contribution in [0.5, 0.6) is 0 Å². The van der Waals surface area contributed by atoms with E-state index < -0.39 is 0 Å². The quantitative estimate of drug-likeness (QED) is 0.789. The Kier molecular flexibility index (Phi) is 3.25. The molecule has 0 aliphatic rings. The van der Waals surface area contributed by atoms with Gasteiger partial charge in [0.1, 0.15) is 5.65 Å². The van der Waals surface area contributed by atoms with Crippen molar-refractivity contribution in [2.45, 2.75) is 19.8 Å². The molecular formula is C15H14N4O. The first-order valence-electron chi connectivity index (χ1n) is 6.57. The summed E-state index contributed by atoms with van der Waals surface area (Å²) >= 11 is 0. The van der Waals surface area contributed by atoms with Crippen LogP contribution in [0.2, 0.25) is 0 Å². The number of hydrogen-bond donors (Lipinski definition) is 1. The van der Waals surface area contributed by atoms with Crippen molar-refractivity contribution in [3.63, 3.8) is 0 Å². The van der Waals surface area contributed by atoms with Crippen molar-refractivity contribution in [2.75, 3.05) is 0 Å². The zero-order chi connectivity index (χ0) is 13.9. The molecule has 0 aliphatic carbocycles. The van der Waals surface area contributed by atoms with Crippen LogP contribution in [0.4, 0.5) is 0 Å². The Balaban J connectivity index is 2.14. The molecule has 0 spiro atoms. The Bertz CT molecular complexity index is 796. The van der Waals surface area contributed by atoms with Crippen LogP contribution in [0, 0.1) is 0 Å². The zero-order valence-electron chi connectivity index (χ0n) is 11.1. The molecule has 1 N–H and O–H groups in total. The van der Waals surface area contributed by atoms with Crippen LogP contribution in [0.15, 0.2) is 41.7 Å². The van der Waals surface area contributed by atoms with Gasteiger partial charge >= 0.3 is 0 Å². The van der Waals surface area contributed by atoms with Gasteiger partial charge in [0.05, 0.1) is 5.39 Å². The molecule has 3 rings (SSSR count). The van der Waals surface area contributed by atoms with E-state index in [-0.39, 0.29) is 5.43 Å². The summed E-state index contributed by atoms with van der Waals surface area (Å²) in [4.78, 5) is 28.0. The van der Waals surface area contributed by atoms with Crippen LogP contribution in [-0.2, 0) is 6.42 Å². The fraction of sp³-hybridized carbons (Fsp3) is 0.200. The van der Waals surface area contributed by atoms with Gasteiger partial charge in [0.25, 0.3) is 0 Å². The van der Waals surface area contributed by atoms with Crippen LogP contribution in [0.1, 0.15) is 18.9 Å². The number of fused-ring (bicyclic) bond motifs is 1. The van der Waals surface area contributed by atoms with E-state index in [1.54, 1.807) is 24.8 Å². The minimum Gasteiger partial charge on any atom is -0.346 e. The molecule has 0 saturated carbocycles. The van der Waals surface area contributed by atoms with Crippen molar-refractivity contribution >= 4 is 11.0 Å². The summed E-state index contributed by atoms with van der Waals surface area (Å²) in [5.41, 5.74) is 2.24. The zero-order valence-corrected chi connectivity index (χ0v) is 11.1. The molecule has 0 bridgehead atoms. The van der Waals surface area contributed by atoms with E-state index in [9.17, 15) is 4.79 Å². The molecule has 0 unspecified atom stereocenters. The van der Waals surface area contributed by atoms with E-state index in [4.69, 9.17) is 0 Å². The molecule has 0 saturated heterocycles. The van der Waals surface area contributed by atoms with Gasteiger partial charge in [-0.15, -0.1) is 0 Å². The Morgan fingerprint density at radius 1 is 1.25 bits per heavy atom. The Morgan fingerprint density at radius 3 is 2.80 bits per heavy atom. The molecule has 3 heterocycles. The summed E-state index contributed by atoms with van der Waals surface area (Å²) in [6.45, 7) is 2.05. The fourth-order valence-electron chi connectivity index (χ4n) is 2.15. The average Bonchev–Trinajstić information content (AvgIpc) is 2.51. The third kappa shape index (κ3) is 2.18. The topological polar surface area (TPSA) is 71.5 Å². The van der Waals surface area contributed by atoms with E-state index in [1.165, 1.54) is 0 Å². The highest BCUT2D eigenvalue weighted by Gasteiger charge is 2.08. The van der Waals surface area contributed by atoms with Crippen molar-refractivity contribution in [2.24, 2.45) is 0 Å². The number of nitrogens with one attached hydrogen (secondary N) is 1. The lowest BCUT2D eigenvalue weighted by Gasteiger charge is -2.03. The molecule has 0 radical (unpaired) electrons. The molecule has 5 nitrogen and oxygen atoms in total. The summed E-state index contributed by atoms with van der Waals surface area (Å²) in [6.07, 6.45) is 8.42. The van der Waals surface area contributed by atoms with Gasteiger partial charge in [-0.05, 0) is 18.6 Å². The van der Waals surface area contributed by atoms with E-state index >= 15 is 0 Å². The van der Waals surface area contributed by atoms with Crippen molar-refractivity contribution in [3.8, 4) is 11.4 Å². The van der Waals surface area contributed by atoms with E-state index in [0.29, 0.717) is 16.9 Å². The number of H-pyrrole nitrogens is 1. The number of aryl methyl sites for hydroxylation is 1. The first kappa shape index (κ1) is 12.5. The van der Waals surface area contributed by atoms with E-state index in [0.717, 1.165) is 24.0 Å². The largest absolute Gasteiger partial charge is 0.346 e. The third-order valence-corrected chi connectivity index (χ3v) is 3.17. The monoisotopic (exact) mass is 266 g/mol. The molecule has 20 heavy (non-hydrogen) atoms. The van der Waals surface area contributed by atoms with Crippen molar-refractivity contribution in [1.29, 1.82) is 0 Å². The second-order valence-electron chi connectivity index (χ2n) is 4.58. The molecule has 0 fully saturated rings. The molecule has 3 aromatic heterocycles. The van der Waals surface area contributed by atoms with Crippen LogP contribution in [0.25, 0.3) is 22.4 Å². The van der Waals surface area contributed by atoms with Gasteiger partial charge in [-0.2, -0.15) is 0 Å². The van der Waals surface area contributed by atoms with Gasteiger partial charge in [-0.25, -0.2) is 9.97 Å². The molecule has 0 amide bonds. The number of pyridine rings is 2. The molecule has 5 heteroatoms. The number of aromatic amines is 1.